The molecule has 0 aromatic heterocycles. The van der Waals surface area contributed by atoms with Crippen molar-refractivity contribution in [3.63, 3.8) is 0 Å². The molecule has 0 aromatic carbocycles. The first kappa shape index (κ1) is 13.5. The molecular formula is C12H19NO5. The number of piperidine rings is 1. The number of ether oxygens (including phenoxy) is 1. The highest BCUT2D eigenvalue weighted by atomic mass is 16.5. The summed E-state index contributed by atoms with van der Waals surface area (Å²) in [5.74, 6) is -3.00. The van der Waals surface area contributed by atoms with Crippen molar-refractivity contribution in [1.29, 1.82) is 0 Å². The average molecular weight is 257 g/mol. The lowest BCUT2D eigenvalue weighted by Gasteiger charge is -2.47. The van der Waals surface area contributed by atoms with Gasteiger partial charge in [0.25, 0.3) is 0 Å². The monoisotopic (exact) mass is 257 g/mol. The summed E-state index contributed by atoms with van der Waals surface area (Å²) in [5.41, 5.74) is 0. The molecule has 2 fully saturated rings. The van der Waals surface area contributed by atoms with E-state index in [4.69, 9.17) is 0 Å². The van der Waals surface area contributed by atoms with Gasteiger partial charge < -0.3 is 14.9 Å². The SMILES string of the molecule is O=CCOC(=O)C1NCC2CCCCC2C1(O)O. The number of carbonyl (C=O) groups is 2. The van der Waals surface area contributed by atoms with Gasteiger partial charge in [-0.15, -0.1) is 0 Å². The summed E-state index contributed by atoms with van der Waals surface area (Å²) in [6.07, 6.45) is 4.13. The zero-order valence-corrected chi connectivity index (χ0v) is 10.2. The van der Waals surface area contributed by atoms with E-state index in [-0.39, 0.29) is 18.4 Å². The standard InChI is InChI=1S/C12H19NO5/c14-5-6-18-11(15)10-12(16,17)9-4-2-1-3-8(9)7-13-10/h5,8-10,13,16-17H,1-4,6-7H2. The van der Waals surface area contributed by atoms with Gasteiger partial charge in [-0.3, -0.25) is 14.9 Å². The molecule has 6 heteroatoms. The quantitative estimate of drug-likeness (QED) is 0.347. The minimum atomic E-state index is -2.09. The number of hydrogen-bond donors (Lipinski definition) is 3. The van der Waals surface area contributed by atoms with Crippen LogP contribution < -0.4 is 5.32 Å². The second kappa shape index (κ2) is 5.34. The molecule has 1 saturated heterocycles. The molecule has 2 rings (SSSR count). The van der Waals surface area contributed by atoms with Crippen LogP contribution in [-0.4, -0.2) is 47.4 Å². The van der Waals surface area contributed by atoms with Gasteiger partial charge in [0.05, 0.1) is 0 Å². The van der Waals surface area contributed by atoms with Gasteiger partial charge in [-0.05, 0) is 25.3 Å². The molecule has 1 aliphatic heterocycles. The number of esters is 1. The molecule has 0 amide bonds. The summed E-state index contributed by atoms with van der Waals surface area (Å²) >= 11 is 0. The first-order chi connectivity index (χ1) is 8.57. The largest absolute Gasteiger partial charge is 0.457 e. The zero-order chi connectivity index (χ0) is 13.2. The van der Waals surface area contributed by atoms with Gasteiger partial charge >= 0.3 is 5.97 Å². The van der Waals surface area contributed by atoms with Crippen LogP contribution in [0.4, 0.5) is 0 Å². The summed E-state index contributed by atoms with van der Waals surface area (Å²) in [5, 5.41) is 23.2. The Morgan fingerprint density at radius 1 is 1.39 bits per heavy atom. The number of carbonyl (C=O) groups excluding carboxylic acids is 2. The predicted octanol–water partition coefficient (Wildman–Crippen LogP) is -0.812. The number of hydrogen-bond acceptors (Lipinski definition) is 6. The molecule has 102 valence electrons. The van der Waals surface area contributed by atoms with Crippen molar-refractivity contribution in [2.75, 3.05) is 13.2 Å². The van der Waals surface area contributed by atoms with Gasteiger partial charge in [-0.25, -0.2) is 0 Å². The third-order valence-corrected chi connectivity index (χ3v) is 3.99. The van der Waals surface area contributed by atoms with E-state index in [0.717, 1.165) is 19.3 Å². The molecule has 0 radical (unpaired) electrons. The van der Waals surface area contributed by atoms with Crippen molar-refractivity contribution in [2.24, 2.45) is 11.8 Å². The Hall–Kier alpha value is -0.980. The summed E-state index contributed by atoms with van der Waals surface area (Å²) in [6, 6.07) is -1.17. The van der Waals surface area contributed by atoms with E-state index < -0.39 is 17.8 Å². The van der Waals surface area contributed by atoms with Crippen molar-refractivity contribution in [3.8, 4) is 0 Å². The molecule has 3 N–H and O–H groups in total. The van der Waals surface area contributed by atoms with Gasteiger partial charge in [0.15, 0.2) is 18.1 Å². The van der Waals surface area contributed by atoms with E-state index in [1.54, 1.807) is 0 Å². The van der Waals surface area contributed by atoms with Crippen LogP contribution >= 0.6 is 0 Å². The van der Waals surface area contributed by atoms with Gasteiger partial charge in [0.1, 0.15) is 6.61 Å². The van der Waals surface area contributed by atoms with Crippen LogP contribution in [0.25, 0.3) is 0 Å². The van der Waals surface area contributed by atoms with E-state index in [1.165, 1.54) is 0 Å². The number of nitrogens with one attached hydrogen (secondary N) is 1. The Morgan fingerprint density at radius 2 is 2.11 bits per heavy atom. The lowest BCUT2D eigenvalue weighted by molar-refractivity contribution is -0.252. The molecule has 3 unspecified atom stereocenters. The molecule has 1 aliphatic carbocycles. The minimum absolute atomic E-state index is 0.184. The van der Waals surface area contributed by atoms with Crippen molar-refractivity contribution in [1.82, 2.24) is 5.32 Å². The Bertz CT molecular complexity index is 330. The molecule has 0 bridgehead atoms. The fraction of sp³-hybridized carbons (Fsp3) is 0.833. The highest BCUT2D eigenvalue weighted by Gasteiger charge is 2.53. The molecule has 6 nitrogen and oxygen atoms in total. The first-order valence-corrected chi connectivity index (χ1v) is 6.35. The van der Waals surface area contributed by atoms with Gasteiger partial charge in [0, 0.05) is 5.92 Å². The highest BCUT2D eigenvalue weighted by Crippen LogP contribution is 2.40. The van der Waals surface area contributed by atoms with Crippen LogP contribution in [0.15, 0.2) is 0 Å². The fourth-order valence-corrected chi connectivity index (χ4v) is 3.10. The second-order valence-corrected chi connectivity index (χ2v) is 5.07. The molecular weight excluding hydrogens is 238 g/mol. The number of rotatable bonds is 3. The third-order valence-electron chi connectivity index (χ3n) is 3.99. The Kier molecular flexibility index (Phi) is 3.99. The normalized spacial score (nSPS) is 34.4. The van der Waals surface area contributed by atoms with Crippen molar-refractivity contribution < 1.29 is 24.5 Å². The van der Waals surface area contributed by atoms with Gasteiger partial charge in [0.2, 0.25) is 0 Å². The average Bonchev–Trinajstić information content (AvgIpc) is 2.36. The van der Waals surface area contributed by atoms with E-state index >= 15 is 0 Å². The Labute approximate surface area is 105 Å². The summed E-state index contributed by atoms with van der Waals surface area (Å²) in [7, 11) is 0. The van der Waals surface area contributed by atoms with E-state index in [9.17, 15) is 19.8 Å². The fourth-order valence-electron chi connectivity index (χ4n) is 3.10. The van der Waals surface area contributed by atoms with Crippen LogP contribution in [0, 0.1) is 11.8 Å². The molecule has 1 heterocycles. The first-order valence-electron chi connectivity index (χ1n) is 6.35. The van der Waals surface area contributed by atoms with E-state index in [1.807, 2.05) is 0 Å². The third kappa shape index (κ3) is 2.41. The summed E-state index contributed by atoms with van der Waals surface area (Å²) in [4.78, 5) is 21.8. The molecule has 0 spiro atoms. The topological polar surface area (TPSA) is 95.9 Å². The zero-order valence-electron chi connectivity index (χ0n) is 10.2. The van der Waals surface area contributed by atoms with Crippen molar-refractivity contribution in [3.05, 3.63) is 0 Å². The molecule has 3 atom stereocenters. The van der Waals surface area contributed by atoms with Crippen molar-refractivity contribution >= 4 is 12.3 Å². The van der Waals surface area contributed by atoms with Crippen LogP contribution in [0.2, 0.25) is 0 Å². The van der Waals surface area contributed by atoms with Gasteiger partial charge in [-0.1, -0.05) is 12.8 Å². The van der Waals surface area contributed by atoms with Crippen LogP contribution in [0.5, 0.6) is 0 Å². The Morgan fingerprint density at radius 3 is 2.83 bits per heavy atom. The molecule has 0 aromatic rings. The van der Waals surface area contributed by atoms with Crippen molar-refractivity contribution in [2.45, 2.75) is 37.5 Å². The van der Waals surface area contributed by atoms with E-state index in [2.05, 4.69) is 10.1 Å². The smallest absolute Gasteiger partial charge is 0.329 e. The van der Waals surface area contributed by atoms with Crippen LogP contribution in [0.3, 0.4) is 0 Å². The highest BCUT2D eigenvalue weighted by molar-refractivity contribution is 5.78. The number of aliphatic hydroxyl groups is 2. The minimum Gasteiger partial charge on any atom is -0.457 e. The van der Waals surface area contributed by atoms with Crippen LogP contribution in [-0.2, 0) is 14.3 Å². The molecule has 2 aliphatic rings. The number of aldehydes is 1. The number of fused-ring (bicyclic) bond motifs is 1. The second-order valence-electron chi connectivity index (χ2n) is 5.07. The van der Waals surface area contributed by atoms with Gasteiger partial charge in [-0.2, -0.15) is 0 Å². The molecule has 1 saturated carbocycles. The summed E-state index contributed by atoms with van der Waals surface area (Å²) in [6.45, 7) is 0.218. The maximum Gasteiger partial charge on any atom is 0.329 e. The lowest BCUT2D eigenvalue weighted by Crippen LogP contribution is -2.67. The van der Waals surface area contributed by atoms with Crippen LogP contribution in [0.1, 0.15) is 25.7 Å². The maximum atomic E-state index is 11.7. The van der Waals surface area contributed by atoms with E-state index in [0.29, 0.717) is 19.3 Å². The Balaban J connectivity index is 2.08. The lowest BCUT2D eigenvalue weighted by atomic mass is 9.70. The molecule has 18 heavy (non-hydrogen) atoms. The summed E-state index contributed by atoms with van der Waals surface area (Å²) < 4.78 is 4.66. The predicted molar refractivity (Wildman–Crippen MR) is 61.4 cm³/mol. The maximum absolute atomic E-state index is 11.7.